The molecule has 0 aliphatic carbocycles. The third-order valence-electron chi connectivity index (χ3n) is 6.17. The van der Waals surface area contributed by atoms with Gasteiger partial charge in [0, 0.05) is 30.3 Å². The van der Waals surface area contributed by atoms with Crippen molar-refractivity contribution in [2.75, 3.05) is 27.3 Å². The zero-order chi connectivity index (χ0) is 26.9. The SMILES string of the molecule is CCOc1cc2c(nc1C(=O)NC)C(=N)N(CC(=O)c1cc(-c3cnco3)c(OC)c(C(C)(C)C)c1)C2. The Kier molecular flexibility index (Phi) is 7.02. The summed E-state index contributed by atoms with van der Waals surface area (Å²) in [4.78, 5) is 36.0. The van der Waals surface area contributed by atoms with Crippen LogP contribution in [0.2, 0.25) is 0 Å². The topological polar surface area (TPSA) is 131 Å². The number of methoxy groups -OCH3 is 1. The van der Waals surface area contributed by atoms with E-state index in [1.165, 1.54) is 13.4 Å². The van der Waals surface area contributed by atoms with Crippen molar-refractivity contribution < 1.29 is 23.5 Å². The number of amides is 1. The smallest absolute Gasteiger partial charge is 0.273 e. The molecule has 1 amide bonds. The number of ketones is 1. The number of aromatic nitrogens is 2. The number of nitrogens with zero attached hydrogens (tertiary/aromatic N) is 3. The van der Waals surface area contributed by atoms with Gasteiger partial charge in [-0.05, 0) is 30.5 Å². The largest absolute Gasteiger partial charge is 0.496 e. The van der Waals surface area contributed by atoms with Gasteiger partial charge in [-0.25, -0.2) is 9.97 Å². The molecule has 0 bridgehead atoms. The second-order valence-electron chi connectivity index (χ2n) is 9.70. The van der Waals surface area contributed by atoms with Crippen LogP contribution < -0.4 is 14.8 Å². The molecular weight excluding hydrogens is 474 g/mol. The standard InChI is InChI=1S/C27H31N5O5/c1-7-36-20-10-16-12-32(25(28)22(16)31-23(20)26(34)29-5)13-19(33)15-8-17(21-11-30-14-37-21)24(35-6)18(9-15)27(2,3)4/h8-11,14,28H,7,12-13H2,1-6H3,(H,29,34). The summed E-state index contributed by atoms with van der Waals surface area (Å²) in [5.41, 5.74) is 2.84. The van der Waals surface area contributed by atoms with Crippen LogP contribution in [0.5, 0.6) is 11.5 Å². The van der Waals surface area contributed by atoms with Crippen molar-refractivity contribution in [1.29, 1.82) is 5.41 Å². The molecule has 10 heteroatoms. The first-order chi connectivity index (χ1) is 17.6. The van der Waals surface area contributed by atoms with Crippen molar-refractivity contribution in [3.8, 4) is 22.8 Å². The Morgan fingerprint density at radius 1 is 1.24 bits per heavy atom. The van der Waals surface area contributed by atoms with E-state index < -0.39 is 5.91 Å². The lowest BCUT2D eigenvalue weighted by Crippen LogP contribution is -2.31. The number of nitrogens with one attached hydrogen (secondary N) is 2. The molecule has 0 radical (unpaired) electrons. The van der Waals surface area contributed by atoms with Gasteiger partial charge in [0.05, 0.1) is 32.0 Å². The number of fused-ring (bicyclic) bond motifs is 1. The van der Waals surface area contributed by atoms with E-state index in [-0.39, 0.29) is 29.3 Å². The number of rotatable bonds is 8. The Morgan fingerprint density at radius 3 is 2.59 bits per heavy atom. The average Bonchev–Trinajstić information content (AvgIpc) is 3.50. The van der Waals surface area contributed by atoms with E-state index in [0.717, 1.165) is 11.1 Å². The molecule has 0 saturated heterocycles. The lowest BCUT2D eigenvalue weighted by Gasteiger charge is -2.25. The van der Waals surface area contributed by atoms with E-state index in [4.69, 9.17) is 19.3 Å². The molecule has 37 heavy (non-hydrogen) atoms. The zero-order valence-corrected chi connectivity index (χ0v) is 21.9. The maximum atomic E-state index is 13.6. The second-order valence-corrected chi connectivity index (χ2v) is 9.70. The van der Waals surface area contributed by atoms with E-state index in [1.807, 2.05) is 33.8 Å². The lowest BCUT2D eigenvalue weighted by molar-refractivity contribution is 0.0949. The van der Waals surface area contributed by atoms with Crippen molar-refractivity contribution in [2.24, 2.45) is 0 Å². The molecule has 3 heterocycles. The summed E-state index contributed by atoms with van der Waals surface area (Å²) in [6.45, 7) is 8.58. The summed E-state index contributed by atoms with van der Waals surface area (Å²) in [7, 11) is 3.10. The minimum atomic E-state index is -0.401. The van der Waals surface area contributed by atoms with Gasteiger partial charge < -0.3 is 24.1 Å². The van der Waals surface area contributed by atoms with Crippen LogP contribution in [-0.2, 0) is 12.0 Å². The number of Topliss-reactive ketones (excluding diaryl/α,β-unsaturated/α-hetero) is 1. The number of hydrogen-bond acceptors (Lipinski definition) is 8. The van der Waals surface area contributed by atoms with Crippen LogP contribution in [0.3, 0.4) is 0 Å². The van der Waals surface area contributed by atoms with E-state index in [1.54, 1.807) is 30.3 Å². The predicted molar refractivity (Wildman–Crippen MR) is 138 cm³/mol. The van der Waals surface area contributed by atoms with Crippen LogP contribution in [0.1, 0.15) is 65.4 Å². The van der Waals surface area contributed by atoms with E-state index in [0.29, 0.717) is 47.2 Å². The second kappa shape index (κ2) is 10.0. The number of amidine groups is 1. The molecule has 0 fully saturated rings. The van der Waals surface area contributed by atoms with Crippen molar-refractivity contribution >= 4 is 17.5 Å². The molecule has 0 unspecified atom stereocenters. The first-order valence-corrected chi connectivity index (χ1v) is 12.0. The summed E-state index contributed by atoms with van der Waals surface area (Å²) < 4.78 is 16.9. The first-order valence-electron chi connectivity index (χ1n) is 12.0. The Hall–Kier alpha value is -4.21. The van der Waals surface area contributed by atoms with Crippen molar-refractivity contribution in [3.63, 3.8) is 0 Å². The molecule has 1 aliphatic rings. The lowest BCUT2D eigenvalue weighted by atomic mass is 9.83. The molecule has 3 aromatic rings. The first kappa shape index (κ1) is 25.9. The fraction of sp³-hybridized carbons (Fsp3) is 0.370. The van der Waals surface area contributed by atoms with Crippen LogP contribution in [-0.4, -0.2) is 59.7 Å². The van der Waals surface area contributed by atoms with Crippen molar-refractivity contribution in [2.45, 2.75) is 39.7 Å². The van der Waals surface area contributed by atoms with Crippen LogP contribution in [0, 0.1) is 5.41 Å². The molecule has 194 valence electrons. The van der Waals surface area contributed by atoms with Crippen LogP contribution in [0.4, 0.5) is 0 Å². The Balaban J connectivity index is 1.68. The molecule has 0 saturated carbocycles. The van der Waals surface area contributed by atoms with Crippen molar-refractivity contribution in [1.82, 2.24) is 20.2 Å². The van der Waals surface area contributed by atoms with Gasteiger partial charge in [-0.1, -0.05) is 20.8 Å². The van der Waals surface area contributed by atoms with Gasteiger partial charge in [0.25, 0.3) is 5.91 Å². The van der Waals surface area contributed by atoms with Gasteiger partial charge in [-0.3, -0.25) is 15.0 Å². The number of hydrogen-bond donors (Lipinski definition) is 2. The summed E-state index contributed by atoms with van der Waals surface area (Å²) in [6, 6.07) is 5.30. The summed E-state index contributed by atoms with van der Waals surface area (Å²) >= 11 is 0. The average molecular weight is 506 g/mol. The maximum Gasteiger partial charge on any atom is 0.273 e. The van der Waals surface area contributed by atoms with Crippen LogP contribution >= 0.6 is 0 Å². The third-order valence-corrected chi connectivity index (χ3v) is 6.17. The molecule has 1 aromatic carbocycles. The summed E-state index contributed by atoms with van der Waals surface area (Å²) in [5.74, 6) is 0.966. The van der Waals surface area contributed by atoms with Gasteiger partial charge in [0.2, 0.25) is 0 Å². The fourth-order valence-electron chi connectivity index (χ4n) is 4.34. The van der Waals surface area contributed by atoms with E-state index in [9.17, 15) is 9.59 Å². The molecule has 4 rings (SSSR count). The Morgan fingerprint density at radius 2 is 2.00 bits per heavy atom. The van der Waals surface area contributed by atoms with E-state index >= 15 is 0 Å². The maximum absolute atomic E-state index is 13.6. The van der Waals surface area contributed by atoms with Gasteiger partial charge in [-0.15, -0.1) is 0 Å². The fourth-order valence-corrected chi connectivity index (χ4v) is 4.34. The highest BCUT2D eigenvalue weighted by Gasteiger charge is 2.32. The monoisotopic (exact) mass is 505 g/mol. The molecule has 0 atom stereocenters. The number of benzene rings is 1. The van der Waals surface area contributed by atoms with Crippen LogP contribution in [0.15, 0.2) is 35.2 Å². The minimum absolute atomic E-state index is 0.0414. The third kappa shape index (κ3) is 4.91. The zero-order valence-electron chi connectivity index (χ0n) is 21.9. The normalized spacial score (nSPS) is 12.9. The number of carbonyl (C=O) groups is 2. The van der Waals surface area contributed by atoms with Gasteiger partial charge in [-0.2, -0.15) is 0 Å². The Labute approximate surface area is 215 Å². The minimum Gasteiger partial charge on any atom is -0.496 e. The molecular formula is C27H31N5O5. The molecule has 1 aliphatic heterocycles. The molecule has 10 nitrogen and oxygen atoms in total. The predicted octanol–water partition coefficient (Wildman–Crippen LogP) is 3.82. The number of ether oxygens (including phenoxy) is 2. The highest BCUT2D eigenvalue weighted by atomic mass is 16.5. The number of pyridine rings is 1. The van der Waals surface area contributed by atoms with Gasteiger partial charge >= 0.3 is 0 Å². The molecule has 2 N–H and O–H groups in total. The highest BCUT2D eigenvalue weighted by molar-refractivity contribution is 6.06. The summed E-state index contributed by atoms with van der Waals surface area (Å²) in [6.07, 6.45) is 2.91. The van der Waals surface area contributed by atoms with E-state index in [2.05, 4.69) is 15.3 Å². The number of oxazole rings is 1. The number of carbonyl (C=O) groups excluding carboxylic acids is 2. The molecule has 0 spiro atoms. The Bertz CT molecular complexity index is 1360. The summed E-state index contributed by atoms with van der Waals surface area (Å²) in [5, 5.41) is 11.2. The van der Waals surface area contributed by atoms with Gasteiger partial charge in [0.1, 0.15) is 17.3 Å². The quantitative estimate of drug-likeness (QED) is 0.442. The molecule has 2 aromatic heterocycles. The van der Waals surface area contributed by atoms with Gasteiger partial charge in [0.15, 0.2) is 29.4 Å². The van der Waals surface area contributed by atoms with Crippen molar-refractivity contribution in [3.05, 3.63) is 58.9 Å². The van der Waals surface area contributed by atoms with Crippen LogP contribution in [0.25, 0.3) is 11.3 Å². The highest BCUT2D eigenvalue weighted by Crippen LogP contribution is 2.40.